The lowest BCUT2D eigenvalue weighted by atomic mass is 10.2. The van der Waals surface area contributed by atoms with Crippen LogP contribution in [0, 0.1) is 21.7 Å². The molecule has 22 heavy (non-hydrogen) atoms. The Hall–Kier alpha value is -2.59. The second-order valence-corrected chi connectivity index (χ2v) is 5.93. The van der Waals surface area contributed by atoms with Crippen molar-refractivity contribution in [1.29, 1.82) is 0 Å². The molecule has 0 aliphatic carbocycles. The van der Waals surface area contributed by atoms with Gasteiger partial charge in [-0.15, -0.1) is 0 Å². The maximum Gasteiger partial charge on any atom is 0.269 e. The van der Waals surface area contributed by atoms with Crippen LogP contribution in [0.5, 0.6) is 0 Å². The minimum atomic E-state index is -4.17. The molecule has 0 fully saturated rings. The third kappa shape index (κ3) is 3.02. The summed E-state index contributed by atoms with van der Waals surface area (Å²) in [6, 6.07) is 5.81. The van der Waals surface area contributed by atoms with Crippen LogP contribution in [0.15, 0.2) is 41.3 Å². The van der Waals surface area contributed by atoms with Crippen molar-refractivity contribution < 1.29 is 27.9 Å². The van der Waals surface area contributed by atoms with Crippen LogP contribution in [0.2, 0.25) is 0 Å². The first-order valence-corrected chi connectivity index (χ1v) is 7.28. The molecular weight excluding hydrogens is 320 g/mol. The first-order valence-electron chi connectivity index (χ1n) is 5.79. The molecule has 0 spiro atoms. The van der Waals surface area contributed by atoms with Crippen LogP contribution < -0.4 is 10.5 Å². The third-order valence-corrected chi connectivity index (χ3v) is 4.17. The summed E-state index contributed by atoms with van der Waals surface area (Å²) in [5.41, 5.74) is 1.84. The number of anilines is 1. The number of nitrogens with zero attached hydrogens (tertiary/aromatic N) is 1. The van der Waals surface area contributed by atoms with Gasteiger partial charge < -0.3 is 5.73 Å². The van der Waals surface area contributed by atoms with Crippen LogP contribution in [0.25, 0.3) is 0 Å². The average molecular weight is 330 g/mol. The van der Waals surface area contributed by atoms with Gasteiger partial charge in [0.25, 0.3) is 15.7 Å². The van der Waals surface area contributed by atoms with E-state index in [2.05, 4.69) is 5.73 Å². The van der Waals surface area contributed by atoms with E-state index in [-0.39, 0.29) is 10.6 Å². The van der Waals surface area contributed by atoms with Gasteiger partial charge >= 0.3 is 0 Å². The molecule has 2 aromatic carbocycles. The van der Waals surface area contributed by atoms with Gasteiger partial charge in [-0.2, -0.15) is 4.39 Å². The highest BCUT2D eigenvalue weighted by Crippen LogP contribution is 2.25. The molecule has 0 heterocycles. The number of quaternary nitrogens is 1. The molecule has 0 bridgehead atoms. The van der Waals surface area contributed by atoms with E-state index in [1.165, 1.54) is 0 Å². The minimum absolute atomic E-state index is 0.285. The molecule has 0 saturated heterocycles. The molecule has 0 saturated carbocycles. The highest BCUT2D eigenvalue weighted by molar-refractivity contribution is 7.92. The average Bonchev–Trinajstić information content (AvgIpc) is 2.48. The van der Waals surface area contributed by atoms with E-state index in [1.54, 1.807) is 0 Å². The van der Waals surface area contributed by atoms with Gasteiger partial charge in [-0.1, -0.05) is 0 Å². The van der Waals surface area contributed by atoms with Gasteiger partial charge in [0.1, 0.15) is 0 Å². The molecular formula is C12H10F2N3O4S+. The SMILES string of the molecule is [NH3+]c1c(F)ccc(NS(=O)(=O)c2ccc([N+](=O)[O-])cc2)c1F. The summed E-state index contributed by atoms with van der Waals surface area (Å²) in [4.78, 5) is 9.53. The summed E-state index contributed by atoms with van der Waals surface area (Å²) in [6.07, 6.45) is 0. The van der Waals surface area contributed by atoms with E-state index in [0.29, 0.717) is 0 Å². The van der Waals surface area contributed by atoms with Crippen LogP contribution in [-0.4, -0.2) is 13.3 Å². The maximum atomic E-state index is 13.8. The fourth-order valence-electron chi connectivity index (χ4n) is 1.63. The number of hydrogen-bond donors (Lipinski definition) is 2. The van der Waals surface area contributed by atoms with Gasteiger partial charge in [0.05, 0.1) is 15.5 Å². The van der Waals surface area contributed by atoms with Crippen molar-refractivity contribution in [2.45, 2.75) is 4.90 Å². The number of nitrogens with one attached hydrogen (secondary N) is 1. The smallest absolute Gasteiger partial charge is 0.269 e. The van der Waals surface area contributed by atoms with Gasteiger partial charge in [0.15, 0.2) is 5.82 Å². The van der Waals surface area contributed by atoms with Gasteiger partial charge in [-0.3, -0.25) is 14.8 Å². The van der Waals surface area contributed by atoms with E-state index in [0.717, 1.165) is 36.4 Å². The molecule has 2 rings (SSSR count). The molecule has 0 atom stereocenters. The number of rotatable bonds is 4. The minimum Gasteiger partial charge on any atom is -0.320 e. The van der Waals surface area contributed by atoms with E-state index in [1.807, 2.05) is 4.72 Å². The lowest BCUT2D eigenvalue weighted by Gasteiger charge is -2.09. The van der Waals surface area contributed by atoms with Crippen LogP contribution >= 0.6 is 0 Å². The Labute approximate surface area is 123 Å². The lowest BCUT2D eigenvalue weighted by molar-refractivity contribution is -0.384. The number of nitro groups is 1. The highest BCUT2D eigenvalue weighted by Gasteiger charge is 2.21. The molecule has 10 heteroatoms. The summed E-state index contributed by atoms with van der Waals surface area (Å²) < 4.78 is 52.9. The number of nitro benzene ring substituents is 1. The van der Waals surface area contributed by atoms with Crippen molar-refractivity contribution in [3.8, 4) is 0 Å². The van der Waals surface area contributed by atoms with Gasteiger partial charge in [-0.25, -0.2) is 12.8 Å². The van der Waals surface area contributed by atoms with Gasteiger partial charge in [0, 0.05) is 12.1 Å². The predicted molar refractivity (Wildman–Crippen MR) is 72.8 cm³/mol. The maximum absolute atomic E-state index is 13.8. The van der Waals surface area contributed by atoms with E-state index >= 15 is 0 Å². The number of hydrogen-bond acceptors (Lipinski definition) is 4. The van der Waals surface area contributed by atoms with Crippen LogP contribution in [-0.2, 0) is 10.0 Å². The molecule has 4 N–H and O–H groups in total. The Morgan fingerprint density at radius 1 is 1.09 bits per heavy atom. The Morgan fingerprint density at radius 2 is 1.68 bits per heavy atom. The van der Waals surface area contributed by atoms with Crippen molar-refractivity contribution >= 4 is 27.1 Å². The Morgan fingerprint density at radius 3 is 2.23 bits per heavy atom. The van der Waals surface area contributed by atoms with Crippen molar-refractivity contribution in [3.63, 3.8) is 0 Å². The van der Waals surface area contributed by atoms with E-state index in [4.69, 9.17) is 0 Å². The van der Waals surface area contributed by atoms with Gasteiger partial charge in [0.2, 0.25) is 11.5 Å². The fourth-order valence-corrected chi connectivity index (χ4v) is 2.69. The monoisotopic (exact) mass is 330 g/mol. The molecule has 7 nitrogen and oxygen atoms in total. The normalized spacial score (nSPS) is 11.2. The molecule has 116 valence electrons. The van der Waals surface area contributed by atoms with Crippen molar-refractivity contribution in [3.05, 3.63) is 58.1 Å². The Balaban J connectivity index is 2.36. The zero-order valence-electron chi connectivity index (χ0n) is 10.9. The lowest BCUT2D eigenvalue weighted by Crippen LogP contribution is -2.43. The molecule has 2 aromatic rings. The van der Waals surface area contributed by atoms with Crippen LogP contribution in [0.3, 0.4) is 0 Å². The Kier molecular flexibility index (Phi) is 4.06. The second kappa shape index (κ2) is 5.66. The number of halogens is 2. The zero-order chi connectivity index (χ0) is 16.5. The Bertz CT molecular complexity index is 838. The summed E-state index contributed by atoms with van der Waals surface area (Å²) in [5, 5.41) is 10.5. The molecule has 0 amide bonds. The fraction of sp³-hybridized carbons (Fsp3) is 0. The predicted octanol–water partition coefficient (Wildman–Crippen LogP) is 1.55. The zero-order valence-corrected chi connectivity index (χ0v) is 11.7. The number of non-ortho nitro benzene ring substituents is 1. The molecule has 0 unspecified atom stereocenters. The standard InChI is InChI=1S/C12H9F2N3O4S/c13-9-5-6-10(11(14)12(9)15)16-22(20,21)8-3-1-7(2-4-8)17(18)19/h1-6,16H,15H2/p+1. The van der Waals surface area contributed by atoms with Gasteiger partial charge in [-0.05, 0) is 24.3 Å². The summed E-state index contributed by atoms with van der Waals surface area (Å²) in [6.45, 7) is 0. The number of benzene rings is 2. The third-order valence-electron chi connectivity index (χ3n) is 2.79. The second-order valence-electron chi connectivity index (χ2n) is 4.24. The quantitative estimate of drug-likeness (QED) is 0.653. The van der Waals surface area contributed by atoms with Crippen molar-refractivity contribution in [2.24, 2.45) is 0 Å². The first kappa shape index (κ1) is 15.8. The molecule has 0 aliphatic rings. The molecule has 0 aromatic heterocycles. The first-order chi connectivity index (χ1) is 10.2. The largest absolute Gasteiger partial charge is 0.320 e. The van der Waals surface area contributed by atoms with Crippen molar-refractivity contribution in [1.82, 2.24) is 0 Å². The molecule has 0 radical (unpaired) electrons. The van der Waals surface area contributed by atoms with E-state index in [9.17, 15) is 27.3 Å². The van der Waals surface area contributed by atoms with Crippen LogP contribution in [0.4, 0.5) is 25.8 Å². The summed E-state index contributed by atoms with van der Waals surface area (Å²) in [7, 11) is -4.17. The van der Waals surface area contributed by atoms with E-state index < -0.39 is 38.0 Å². The number of sulfonamides is 1. The van der Waals surface area contributed by atoms with Crippen LogP contribution in [0.1, 0.15) is 0 Å². The summed E-state index contributed by atoms with van der Waals surface area (Å²) >= 11 is 0. The summed E-state index contributed by atoms with van der Waals surface area (Å²) in [5.74, 6) is -2.04. The molecule has 0 aliphatic heterocycles. The topological polar surface area (TPSA) is 117 Å². The highest BCUT2D eigenvalue weighted by atomic mass is 32.2. The van der Waals surface area contributed by atoms with Crippen molar-refractivity contribution in [2.75, 3.05) is 4.72 Å².